The topological polar surface area (TPSA) is 61.2 Å². The molecule has 0 amide bonds. The van der Waals surface area contributed by atoms with Crippen molar-refractivity contribution in [2.75, 3.05) is 6.54 Å². The van der Waals surface area contributed by atoms with Gasteiger partial charge in [0.05, 0.1) is 16.5 Å². The average molecular weight is 276 g/mol. The Bertz CT molecular complexity index is 661. The first-order chi connectivity index (χ1) is 9.02. The first-order valence-electron chi connectivity index (χ1n) is 6.55. The number of hydrogen-bond acceptors (Lipinski definition) is 3. The van der Waals surface area contributed by atoms with Crippen LogP contribution in [-0.2, 0) is 10.0 Å². The molecule has 5 heteroatoms. The molecule has 2 fully saturated rings. The fraction of sp³-hybridized carbons (Fsp3) is 0.500. The van der Waals surface area contributed by atoms with E-state index >= 15 is 0 Å². The van der Waals surface area contributed by atoms with Crippen LogP contribution in [0.5, 0.6) is 0 Å². The van der Waals surface area contributed by atoms with Crippen LogP contribution in [-0.4, -0.2) is 25.3 Å². The molecule has 2 bridgehead atoms. The van der Waals surface area contributed by atoms with Gasteiger partial charge in [0.15, 0.2) is 0 Å². The van der Waals surface area contributed by atoms with E-state index in [1.807, 2.05) is 0 Å². The van der Waals surface area contributed by atoms with Gasteiger partial charge in [-0.1, -0.05) is 0 Å². The summed E-state index contributed by atoms with van der Waals surface area (Å²) in [5.41, 5.74) is 1.25. The van der Waals surface area contributed by atoms with Gasteiger partial charge < -0.3 is 0 Å². The van der Waals surface area contributed by atoms with Gasteiger partial charge in [-0.25, -0.2) is 8.42 Å². The summed E-state index contributed by atoms with van der Waals surface area (Å²) in [4.78, 5) is 0.316. The van der Waals surface area contributed by atoms with Gasteiger partial charge in [0.25, 0.3) is 0 Å². The Morgan fingerprint density at radius 2 is 2.16 bits per heavy atom. The molecule has 1 aromatic rings. The highest BCUT2D eigenvalue weighted by Gasteiger charge is 2.44. The maximum Gasteiger partial charge on any atom is 0.243 e. The van der Waals surface area contributed by atoms with E-state index < -0.39 is 10.0 Å². The molecule has 0 spiro atoms. The fourth-order valence-electron chi connectivity index (χ4n) is 3.23. The number of benzene rings is 1. The highest BCUT2D eigenvalue weighted by molar-refractivity contribution is 7.89. The molecule has 0 radical (unpaired) electrons. The van der Waals surface area contributed by atoms with Crippen molar-refractivity contribution in [1.82, 2.24) is 4.31 Å². The first-order valence-corrected chi connectivity index (χ1v) is 7.99. The highest BCUT2D eigenvalue weighted by Crippen LogP contribution is 2.40. The monoisotopic (exact) mass is 276 g/mol. The molecular formula is C14H16N2O2S. The molecule has 2 unspecified atom stereocenters. The third kappa shape index (κ3) is 1.96. The number of nitrogens with zero attached hydrogens (tertiary/aromatic N) is 2. The molecule has 1 heterocycles. The SMILES string of the molecule is Cc1cc(S(=O)(=O)N2CC3CCC2C3)ccc1C#N. The van der Waals surface area contributed by atoms with Crippen LogP contribution in [0.15, 0.2) is 23.1 Å². The summed E-state index contributed by atoms with van der Waals surface area (Å²) >= 11 is 0. The lowest BCUT2D eigenvalue weighted by Gasteiger charge is -2.26. The molecule has 19 heavy (non-hydrogen) atoms. The first kappa shape index (κ1) is 12.6. The average Bonchev–Trinajstić information content (AvgIpc) is 3.01. The molecule has 1 saturated heterocycles. The molecule has 4 nitrogen and oxygen atoms in total. The summed E-state index contributed by atoms with van der Waals surface area (Å²) in [6.45, 7) is 2.43. The van der Waals surface area contributed by atoms with Crippen LogP contribution in [0.25, 0.3) is 0 Å². The van der Waals surface area contributed by atoms with E-state index in [2.05, 4.69) is 6.07 Å². The van der Waals surface area contributed by atoms with Gasteiger partial charge in [-0.2, -0.15) is 9.57 Å². The van der Waals surface area contributed by atoms with Crippen molar-refractivity contribution in [3.63, 3.8) is 0 Å². The van der Waals surface area contributed by atoms with Crippen molar-refractivity contribution in [1.29, 1.82) is 5.26 Å². The minimum absolute atomic E-state index is 0.186. The van der Waals surface area contributed by atoms with E-state index in [4.69, 9.17) is 5.26 Å². The van der Waals surface area contributed by atoms with Crippen molar-refractivity contribution in [3.8, 4) is 6.07 Å². The number of hydrogen-bond donors (Lipinski definition) is 0. The molecule has 2 atom stereocenters. The highest BCUT2D eigenvalue weighted by atomic mass is 32.2. The summed E-state index contributed by atoms with van der Waals surface area (Å²) < 4.78 is 26.9. The number of fused-ring (bicyclic) bond motifs is 2. The molecule has 1 aliphatic heterocycles. The minimum Gasteiger partial charge on any atom is -0.207 e. The lowest BCUT2D eigenvalue weighted by molar-refractivity contribution is 0.333. The van der Waals surface area contributed by atoms with Gasteiger partial charge in [0, 0.05) is 12.6 Å². The quantitative estimate of drug-likeness (QED) is 0.830. The van der Waals surface area contributed by atoms with E-state index in [9.17, 15) is 8.42 Å². The zero-order chi connectivity index (χ0) is 13.6. The zero-order valence-corrected chi connectivity index (χ0v) is 11.7. The Morgan fingerprint density at radius 1 is 1.37 bits per heavy atom. The van der Waals surface area contributed by atoms with Crippen molar-refractivity contribution >= 4 is 10.0 Å². The molecule has 100 valence electrons. The van der Waals surface area contributed by atoms with Crippen LogP contribution in [0.3, 0.4) is 0 Å². The van der Waals surface area contributed by atoms with Crippen LogP contribution in [0.2, 0.25) is 0 Å². The third-order valence-corrected chi connectivity index (χ3v) is 6.20. The minimum atomic E-state index is -3.39. The third-order valence-electron chi connectivity index (χ3n) is 4.28. The van der Waals surface area contributed by atoms with Gasteiger partial charge in [0.2, 0.25) is 10.0 Å². The lowest BCUT2D eigenvalue weighted by Crippen LogP contribution is -2.37. The number of rotatable bonds is 2. The van der Waals surface area contributed by atoms with Crippen molar-refractivity contribution < 1.29 is 8.42 Å². The van der Waals surface area contributed by atoms with Crippen LogP contribution < -0.4 is 0 Å². The van der Waals surface area contributed by atoms with Crippen molar-refractivity contribution in [3.05, 3.63) is 29.3 Å². The van der Waals surface area contributed by atoms with Gasteiger partial charge >= 0.3 is 0 Å². The molecule has 1 aliphatic carbocycles. The fourth-order valence-corrected chi connectivity index (χ4v) is 5.06. The van der Waals surface area contributed by atoms with E-state index in [1.54, 1.807) is 29.4 Å². The maximum absolute atomic E-state index is 12.6. The Hall–Kier alpha value is -1.38. The summed E-state index contributed by atoms with van der Waals surface area (Å²) in [5.74, 6) is 0.541. The number of piperidine rings is 1. The van der Waals surface area contributed by atoms with E-state index in [0.717, 1.165) is 19.3 Å². The predicted molar refractivity (Wildman–Crippen MR) is 70.9 cm³/mol. The molecule has 1 saturated carbocycles. The van der Waals surface area contributed by atoms with Crippen LogP contribution in [0.4, 0.5) is 0 Å². The molecule has 0 N–H and O–H groups in total. The molecule has 3 rings (SSSR count). The van der Waals surface area contributed by atoms with Gasteiger partial charge in [-0.15, -0.1) is 0 Å². The normalized spacial score (nSPS) is 26.5. The van der Waals surface area contributed by atoms with Gasteiger partial charge in [-0.05, 0) is 55.9 Å². The van der Waals surface area contributed by atoms with Crippen LogP contribution >= 0.6 is 0 Å². The number of nitriles is 1. The Morgan fingerprint density at radius 3 is 2.68 bits per heavy atom. The molecule has 2 aliphatic rings. The second-order valence-corrected chi connectivity index (χ2v) is 7.39. The maximum atomic E-state index is 12.6. The molecule has 0 aromatic heterocycles. The van der Waals surface area contributed by atoms with Gasteiger partial charge in [0.1, 0.15) is 0 Å². The molecular weight excluding hydrogens is 260 g/mol. The number of sulfonamides is 1. The predicted octanol–water partition coefficient (Wildman–Crippen LogP) is 2.04. The molecule has 1 aromatic carbocycles. The van der Waals surface area contributed by atoms with E-state index in [0.29, 0.717) is 28.5 Å². The largest absolute Gasteiger partial charge is 0.243 e. The van der Waals surface area contributed by atoms with E-state index in [-0.39, 0.29) is 6.04 Å². The summed E-state index contributed by atoms with van der Waals surface area (Å²) in [6, 6.07) is 7.00. The number of aryl methyl sites for hydroxylation is 1. The van der Waals surface area contributed by atoms with Crippen molar-refractivity contribution in [2.45, 2.75) is 37.1 Å². The van der Waals surface area contributed by atoms with Crippen LogP contribution in [0.1, 0.15) is 30.4 Å². The Kier molecular flexibility index (Phi) is 2.88. The van der Waals surface area contributed by atoms with E-state index in [1.165, 1.54) is 0 Å². The van der Waals surface area contributed by atoms with Crippen LogP contribution in [0, 0.1) is 24.2 Å². The standard InChI is InChI=1S/C14H16N2O2S/c1-10-6-14(5-3-12(10)8-15)19(17,18)16-9-11-2-4-13(16)7-11/h3,5-6,11,13H,2,4,7,9H2,1H3. The van der Waals surface area contributed by atoms with Crippen molar-refractivity contribution in [2.24, 2.45) is 5.92 Å². The lowest BCUT2D eigenvalue weighted by atomic mass is 10.1. The zero-order valence-electron chi connectivity index (χ0n) is 10.8. The summed E-state index contributed by atoms with van der Waals surface area (Å²) in [5, 5.41) is 8.90. The Balaban J connectivity index is 1.97. The summed E-state index contributed by atoms with van der Waals surface area (Å²) in [7, 11) is -3.39. The smallest absolute Gasteiger partial charge is 0.207 e. The second-order valence-electron chi connectivity index (χ2n) is 5.50. The Labute approximate surface area is 113 Å². The second kappa shape index (κ2) is 4.32. The van der Waals surface area contributed by atoms with Gasteiger partial charge in [-0.3, -0.25) is 0 Å². The summed E-state index contributed by atoms with van der Waals surface area (Å²) in [6.07, 6.45) is 3.15.